The van der Waals surface area contributed by atoms with Gasteiger partial charge in [-0.25, -0.2) is 0 Å². The zero-order chi connectivity index (χ0) is 61.3. The van der Waals surface area contributed by atoms with Crippen molar-refractivity contribution in [1.29, 1.82) is 0 Å². The molecule has 15 heteroatoms. The molecule has 0 aromatic heterocycles. The average molecular weight is 1180 g/mol. The summed E-state index contributed by atoms with van der Waals surface area (Å²) in [5.74, 6) is -3.72. The topological polar surface area (TPSA) is 188 Å². The molecule has 5 N–H and O–H groups in total. The van der Waals surface area contributed by atoms with Crippen molar-refractivity contribution in [2.24, 2.45) is 23.7 Å². The van der Waals surface area contributed by atoms with Crippen molar-refractivity contribution in [3.63, 3.8) is 0 Å². The Morgan fingerprint density at radius 3 is 1.92 bits per heavy atom. The zero-order valence-electron chi connectivity index (χ0n) is 52.6. The van der Waals surface area contributed by atoms with Gasteiger partial charge in [0.2, 0.25) is 5.91 Å². The van der Waals surface area contributed by atoms with Crippen LogP contribution in [0.15, 0.2) is 115 Å². The van der Waals surface area contributed by atoms with Crippen LogP contribution in [0.4, 0.5) is 0 Å². The Kier molecular flexibility index (Phi) is 23.4. The molecular formula is C69H102N2O12P+. The Bertz CT molecular complexity index is 2640. The summed E-state index contributed by atoms with van der Waals surface area (Å²) in [5, 5.41) is 65.4. The largest absolute Gasteiger partial charge is 0.459 e. The van der Waals surface area contributed by atoms with Crippen molar-refractivity contribution < 1.29 is 58.8 Å². The van der Waals surface area contributed by atoms with Gasteiger partial charge >= 0.3 is 5.97 Å². The van der Waals surface area contributed by atoms with Crippen LogP contribution < -0.4 is 15.9 Å². The maximum absolute atomic E-state index is 14.9. The van der Waals surface area contributed by atoms with Gasteiger partial charge in [0, 0.05) is 44.0 Å². The Labute approximate surface area is 502 Å². The third kappa shape index (κ3) is 15.0. The van der Waals surface area contributed by atoms with Crippen LogP contribution in [0.3, 0.4) is 0 Å². The van der Waals surface area contributed by atoms with Crippen molar-refractivity contribution in [3.05, 3.63) is 115 Å². The lowest BCUT2D eigenvalue weighted by Gasteiger charge is -2.51. The molecule has 1 amide bonds. The third-order valence-electron chi connectivity index (χ3n) is 19.3. The van der Waals surface area contributed by atoms with Crippen molar-refractivity contribution in [2.75, 3.05) is 33.9 Å². The Morgan fingerprint density at radius 1 is 0.750 bits per heavy atom. The van der Waals surface area contributed by atoms with Gasteiger partial charge in [0.25, 0.3) is 0 Å². The van der Waals surface area contributed by atoms with Gasteiger partial charge in [-0.05, 0) is 142 Å². The van der Waals surface area contributed by atoms with E-state index in [0.717, 1.165) is 31.8 Å². The number of aliphatic hydroxyl groups is 5. The van der Waals surface area contributed by atoms with E-state index in [1.165, 1.54) is 41.1 Å². The average Bonchev–Trinajstić information content (AvgIpc) is 1.43. The number of carbonyl (C=O) groups is 2. The number of likely N-dealkylation sites (N-methyl/N-ethyl adjacent to an activating group) is 1. The van der Waals surface area contributed by atoms with Crippen LogP contribution >= 0.6 is 7.26 Å². The van der Waals surface area contributed by atoms with Gasteiger partial charge in [0.1, 0.15) is 53.2 Å². The first-order valence-corrected chi connectivity index (χ1v) is 33.1. The summed E-state index contributed by atoms with van der Waals surface area (Å²) in [6.45, 7) is 17.8. The molecule has 464 valence electrons. The first-order chi connectivity index (χ1) is 39.8. The number of benzene rings is 4. The van der Waals surface area contributed by atoms with Gasteiger partial charge in [-0.2, -0.15) is 0 Å². The van der Waals surface area contributed by atoms with Crippen LogP contribution in [0.5, 0.6) is 0 Å². The Morgan fingerprint density at radius 2 is 1.32 bits per heavy atom. The maximum atomic E-state index is 14.9. The van der Waals surface area contributed by atoms with Crippen molar-refractivity contribution in [2.45, 2.75) is 217 Å². The minimum Gasteiger partial charge on any atom is -0.459 e. The predicted octanol–water partition coefficient (Wildman–Crippen LogP) is 9.07. The molecule has 4 aromatic rings. The van der Waals surface area contributed by atoms with E-state index in [1.54, 1.807) is 39.5 Å². The number of cyclic esters (lactones) is 1. The molecule has 14 nitrogen and oxygen atoms in total. The van der Waals surface area contributed by atoms with Gasteiger partial charge in [0.15, 0.2) is 6.29 Å². The molecule has 3 heterocycles. The summed E-state index contributed by atoms with van der Waals surface area (Å²) in [7, 11) is 3.15. The van der Waals surface area contributed by atoms with E-state index in [1.807, 2.05) is 46.7 Å². The fraction of sp³-hybridized carbons (Fsp3) is 0.623. The van der Waals surface area contributed by atoms with Gasteiger partial charge in [-0.1, -0.05) is 125 Å². The molecule has 1 unspecified atom stereocenters. The highest BCUT2D eigenvalue weighted by atomic mass is 31.2. The molecule has 0 bridgehead atoms. The SMILES string of the molecule is CC[C@H]1OC(=O)[C@H](C)C([C@H]2C[C@@](C)(OC)[C@@H](O)[C@H](C)O2)[C@H](C)[C@@H](O[C@@H]2O[C@H](C)C[C@H](N(C)C)[C@H]2O)[C@](C)(O)C[C@@H](C)CN(C(=O)CCCCCCC[P+](c2ccccc2)(c2ccccc2)c2ccccc2-c2ccccc2)[C@H](C)[C@@H](O)[C@]1(C)O. The number of carbonyl (C=O) groups excluding carboxylic acids is 2. The second-order valence-corrected chi connectivity index (χ2v) is 29.5. The summed E-state index contributed by atoms with van der Waals surface area (Å²) in [5.41, 5.74) is -2.34. The number of unbranched alkanes of at least 4 members (excludes halogenated alkanes) is 4. The number of ether oxygens (including phenoxy) is 5. The summed E-state index contributed by atoms with van der Waals surface area (Å²) in [6, 6.07) is 40.3. The first-order valence-electron chi connectivity index (χ1n) is 31.1. The first kappa shape index (κ1) is 67.4. The van der Waals surface area contributed by atoms with Crippen LogP contribution in [0.25, 0.3) is 11.1 Å². The number of hydrogen-bond donors (Lipinski definition) is 5. The van der Waals surface area contributed by atoms with Gasteiger partial charge in [-0.15, -0.1) is 0 Å². The van der Waals surface area contributed by atoms with Crippen LogP contribution in [-0.4, -0.2) is 165 Å². The predicted molar refractivity (Wildman–Crippen MR) is 335 cm³/mol. The molecule has 3 aliphatic rings. The number of aliphatic hydroxyl groups excluding tert-OH is 3. The Balaban J connectivity index is 1.15. The summed E-state index contributed by atoms with van der Waals surface area (Å²) < 4.78 is 32.3. The number of nitrogens with zero attached hydrogens (tertiary/aromatic N) is 2. The molecule has 84 heavy (non-hydrogen) atoms. The number of rotatable bonds is 18. The van der Waals surface area contributed by atoms with E-state index in [-0.39, 0.29) is 50.3 Å². The van der Waals surface area contributed by atoms with E-state index >= 15 is 0 Å². The maximum Gasteiger partial charge on any atom is 0.309 e. The molecule has 0 saturated carbocycles. The monoisotopic (exact) mass is 1180 g/mol. The summed E-state index contributed by atoms with van der Waals surface area (Å²) in [4.78, 5) is 33.4. The second kappa shape index (κ2) is 29.2. The van der Waals surface area contributed by atoms with Crippen molar-refractivity contribution in [3.8, 4) is 11.1 Å². The Hall–Kier alpha value is -4.15. The minimum absolute atomic E-state index is 0.0892. The molecule has 3 saturated heterocycles. The van der Waals surface area contributed by atoms with Crippen molar-refractivity contribution >= 4 is 35.1 Å². The number of hydrogen-bond acceptors (Lipinski definition) is 13. The van der Waals surface area contributed by atoms with E-state index in [9.17, 15) is 35.1 Å². The lowest BCUT2D eigenvalue weighted by molar-refractivity contribution is -0.302. The molecule has 0 aliphatic carbocycles. The van der Waals surface area contributed by atoms with Crippen LogP contribution in [-0.2, 0) is 33.3 Å². The highest BCUT2D eigenvalue weighted by Crippen LogP contribution is 2.58. The van der Waals surface area contributed by atoms with E-state index in [2.05, 4.69) is 115 Å². The number of methoxy groups -OCH3 is 1. The van der Waals surface area contributed by atoms with Gasteiger partial charge < -0.3 is 59.0 Å². The smallest absolute Gasteiger partial charge is 0.309 e. The fourth-order valence-corrected chi connectivity index (χ4v) is 19.2. The molecule has 0 radical (unpaired) electrons. The lowest BCUT2D eigenvalue weighted by Crippen LogP contribution is -2.61. The molecular weight excluding hydrogens is 1080 g/mol. The molecule has 4 aromatic carbocycles. The highest BCUT2D eigenvalue weighted by Gasteiger charge is 2.56. The molecule has 18 atom stereocenters. The quantitative estimate of drug-likeness (QED) is 0.0361. The summed E-state index contributed by atoms with van der Waals surface area (Å²) >= 11 is 0. The molecule has 0 spiro atoms. The highest BCUT2D eigenvalue weighted by molar-refractivity contribution is 7.95. The van der Waals surface area contributed by atoms with E-state index in [0.29, 0.717) is 12.8 Å². The van der Waals surface area contributed by atoms with Crippen LogP contribution in [0, 0.1) is 23.7 Å². The summed E-state index contributed by atoms with van der Waals surface area (Å²) in [6.07, 6.45) is -2.49. The fourth-order valence-electron chi connectivity index (χ4n) is 14.5. The van der Waals surface area contributed by atoms with Crippen molar-refractivity contribution in [1.82, 2.24) is 9.80 Å². The third-order valence-corrected chi connectivity index (χ3v) is 23.8. The minimum atomic E-state index is -2.17. The van der Waals surface area contributed by atoms with Gasteiger partial charge in [0.05, 0.1) is 53.7 Å². The standard InChI is InChI=1S/C69H102N2O12P/c1-14-58-69(10,78)62(74)49(6)71(59(72)39-27-16-15-17-30-40-84(52-33-23-19-24-34-52,53-35-25-20-26-36-53)57-38-29-28-37-54(57)51-31-21-18-22-32-51)44-45(2)42-67(8,77)64(83-66-61(73)55(70(11)12)41-46(3)80-66)47(4)60(48(5)65(76)82-58)56-43-68(9,79-13)63(75)50(7)81-56/h18-26,28-29,31-38,45-50,55-56,58,60-64,66,73-75,77-78H,14-17,27,30,39-44H2,1-13H3/q+1/t45-,46-,47+,48-,49-,50+,55+,56-,58-,60?,61-,62-,63+,64-,66+,67-,68-,69-/m1/s1. The second-order valence-electron chi connectivity index (χ2n) is 26.0. The number of esters is 1. The van der Waals surface area contributed by atoms with E-state index < -0.39 is 109 Å². The normalized spacial score (nSPS) is 35.0. The molecule has 7 rings (SSSR count). The lowest BCUT2D eigenvalue weighted by atomic mass is 9.68. The van der Waals surface area contributed by atoms with Crippen LogP contribution in [0.2, 0.25) is 0 Å². The van der Waals surface area contributed by atoms with E-state index in [4.69, 9.17) is 23.7 Å². The molecule has 3 fully saturated rings. The van der Waals surface area contributed by atoms with Crippen LogP contribution in [0.1, 0.15) is 133 Å². The number of amides is 1. The van der Waals surface area contributed by atoms with Gasteiger partial charge in [-0.3, -0.25) is 9.59 Å². The zero-order valence-corrected chi connectivity index (χ0v) is 53.4. The molecule has 3 aliphatic heterocycles.